The highest BCUT2D eigenvalue weighted by Gasteiger charge is 2.34. The van der Waals surface area contributed by atoms with Crippen LogP contribution in [0.4, 0.5) is 0 Å². The van der Waals surface area contributed by atoms with Gasteiger partial charge in [0.25, 0.3) is 0 Å². The van der Waals surface area contributed by atoms with Crippen LogP contribution >= 0.6 is 7.67 Å². The van der Waals surface area contributed by atoms with Crippen LogP contribution in [-0.4, -0.2) is 62.6 Å². The zero-order valence-corrected chi connectivity index (χ0v) is 18.1. The van der Waals surface area contributed by atoms with Gasteiger partial charge < -0.3 is 23.6 Å². The van der Waals surface area contributed by atoms with Crippen LogP contribution in [-0.2, 0) is 32.9 Å². The smallest absolute Gasteiger partial charge is 0.342 e. The van der Waals surface area contributed by atoms with Gasteiger partial charge in [0.15, 0.2) is 0 Å². The number of ether oxygens (including phenoxy) is 3. The van der Waals surface area contributed by atoms with E-state index in [1.54, 1.807) is 0 Å². The summed E-state index contributed by atoms with van der Waals surface area (Å²) >= 11 is 0. The van der Waals surface area contributed by atoms with Crippen molar-refractivity contribution in [2.45, 2.75) is 51.5 Å². The predicted octanol–water partition coefficient (Wildman–Crippen LogP) is 1.65. The largest absolute Gasteiger partial charge is 0.468 e. The van der Waals surface area contributed by atoms with E-state index in [0.29, 0.717) is 0 Å². The summed E-state index contributed by atoms with van der Waals surface area (Å²) in [5, 5.41) is 5.10. The topological polar surface area (TPSA) is 115 Å². The Morgan fingerprint density at radius 1 is 1.34 bits per heavy atom. The molecule has 11 heteroatoms. The van der Waals surface area contributed by atoms with Gasteiger partial charge in [0, 0.05) is 12.4 Å². The minimum Gasteiger partial charge on any atom is -0.468 e. The molecule has 2 rings (SSSR count). The molecule has 2 heterocycles. The van der Waals surface area contributed by atoms with E-state index >= 15 is 0 Å². The Morgan fingerprint density at radius 2 is 2.10 bits per heavy atom. The van der Waals surface area contributed by atoms with Gasteiger partial charge in [-0.05, 0) is 33.1 Å². The summed E-state index contributed by atoms with van der Waals surface area (Å²) in [4.78, 5) is 25.1. The highest BCUT2D eigenvalue weighted by atomic mass is 31.2. The van der Waals surface area contributed by atoms with Gasteiger partial charge in [-0.15, -0.1) is 0 Å². The second-order valence-corrected chi connectivity index (χ2v) is 8.87. The Bertz CT molecular complexity index is 697. The highest BCUT2D eigenvalue weighted by molar-refractivity contribution is 7.54. The van der Waals surface area contributed by atoms with Crippen molar-refractivity contribution in [1.82, 2.24) is 15.1 Å². The second-order valence-electron chi connectivity index (χ2n) is 6.93. The van der Waals surface area contributed by atoms with Crippen molar-refractivity contribution in [2.24, 2.45) is 0 Å². The third-order valence-electron chi connectivity index (χ3n) is 4.52. The molecule has 2 aliphatic heterocycles. The lowest BCUT2D eigenvalue weighted by Crippen LogP contribution is -2.39. The van der Waals surface area contributed by atoms with Gasteiger partial charge in [-0.3, -0.25) is 14.2 Å². The standard InChI is InChI=1S/C18H30N3O7P/c1-13-6-5-9-21(11-13)16-8-7-15(28-16)12-27-29(24,19-10-17(22)25-3)20-14(2)18(23)26-4/h5,9,11,14-16H,6-8,10,12H2,1-4H3,(H2,19,20,24). The summed E-state index contributed by atoms with van der Waals surface area (Å²) in [7, 11) is -1.30. The van der Waals surface area contributed by atoms with E-state index in [4.69, 9.17) is 9.26 Å². The minimum absolute atomic E-state index is 0.0308. The molecule has 2 N–H and O–H groups in total. The van der Waals surface area contributed by atoms with Crippen molar-refractivity contribution >= 4 is 19.6 Å². The number of nitrogens with zero attached hydrogens (tertiary/aromatic N) is 1. The maximum Gasteiger partial charge on any atom is 0.342 e. The molecule has 0 amide bonds. The lowest BCUT2D eigenvalue weighted by molar-refractivity contribution is -0.142. The molecule has 4 unspecified atom stereocenters. The van der Waals surface area contributed by atoms with E-state index in [0.717, 1.165) is 19.3 Å². The van der Waals surface area contributed by atoms with Crippen LogP contribution in [0.5, 0.6) is 0 Å². The predicted molar refractivity (Wildman–Crippen MR) is 105 cm³/mol. The maximum absolute atomic E-state index is 13.1. The van der Waals surface area contributed by atoms with Crippen LogP contribution in [0.25, 0.3) is 0 Å². The second kappa shape index (κ2) is 10.9. The molecule has 0 aliphatic carbocycles. The van der Waals surface area contributed by atoms with Crippen LogP contribution in [0.15, 0.2) is 24.0 Å². The van der Waals surface area contributed by atoms with E-state index in [1.807, 2.05) is 11.1 Å². The summed E-state index contributed by atoms with van der Waals surface area (Å²) in [6, 6.07) is -0.903. The van der Waals surface area contributed by atoms with Gasteiger partial charge in [-0.1, -0.05) is 11.6 Å². The van der Waals surface area contributed by atoms with Crippen LogP contribution in [0.2, 0.25) is 0 Å². The normalized spacial score (nSPS) is 24.6. The first-order valence-corrected chi connectivity index (χ1v) is 11.1. The first kappa shape index (κ1) is 23.6. The molecule has 0 bridgehead atoms. The fourth-order valence-electron chi connectivity index (χ4n) is 2.96. The van der Waals surface area contributed by atoms with E-state index in [1.165, 1.54) is 26.7 Å². The molecule has 0 spiro atoms. The molecule has 164 valence electrons. The Balaban J connectivity index is 1.93. The molecule has 0 aromatic rings. The zero-order chi connectivity index (χ0) is 21.4. The number of allylic oxidation sites excluding steroid dienone is 2. The third kappa shape index (κ3) is 7.24. The number of rotatable bonds is 10. The molecule has 1 fully saturated rings. The number of nitrogens with one attached hydrogen (secondary N) is 2. The highest BCUT2D eigenvalue weighted by Crippen LogP contribution is 2.39. The van der Waals surface area contributed by atoms with Crippen LogP contribution in [0, 0.1) is 0 Å². The number of methoxy groups -OCH3 is 2. The Kier molecular flexibility index (Phi) is 8.85. The van der Waals surface area contributed by atoms with Crippen molar-refractivity contribution in [3.63, 3.8) is 0 Å². The summed E-state index contributed by atoms with van der Waals surface area (Å²) in [6.07, 6.45) is 8.19. The molecule has 29 heavy (non-hydrogen) atoms. The SMILES string of the molecule is COC(=O)CNP(=O)(NC(C)C(=O)OC)OCC1CCC(N2C=CCC(C)=C2)O1. The van der Waals surface area contributed by atoms with Crippen molar-refractivity contribution in [3.8, 4) is 0 Å². The first-order valence-electron chi connectivity index (χ1n) is 9.45. The molecular weight excluding hydrogens is 401 g/mol. The van der Waals surface area contributed by atoms with E-state index in [9.17, 15) is 14.2 Å². The fourth-order valence-corrected chi connectivity index (χ4v) is 4.55. The number of hydrogen-bond acceptors (Lipinski definition) is 8. The lowest BCUT2D eigenvalue weighted by Gasteiger charge is -2.27. The van der Waals surface area contributed by atoms with Crippen LogP contribution in [0.3, 0.4) is 0 Å². The van der Waals surface area contributed by atoms with E-state index < -0.39 is 25.7 Å². The molecule has 1 saturated heterocycles. The number of carbonyl (C=O) groups excluding carboxylic acids is 2. The van der Waals surface area contributed by atoms with Gasteiger partial charge in [-0.25, -0.2) is 10.2 Å². The molecule has 4 atom stereocenters. The Morgan fingerprint density at radius 3 is 2.76 bits per heavy atom. The molecular formula is C18H30N3O7P. The zero-order valence-electron chi connectivity index (χ0n) is 17.3. The molecule has 0 radical (unpaired) electrons. The monoisotopic (exact) mass is 431 g/mol. The molecule has 10 nitrogen and oxygen atoms in total. The van der Waals surface area contributed by atoms with Crippen LogP contribution in [0.1, 0.15) is 33.1 Å². The van der Waals surface area contributed by atoms with Crippen molar-refractivity contribution < 1.29 is 32.9 Å². The van der Waals surface area contributed by atoms with Gasteiger partial charge in [0.1, 0.15) is 18.8 Å². The molecule has 0 aromatic heterocycles. The van der Waals surface area contributed by atoms with Gasteiger partial charge >= 0.3 is 19.6 Å². The van der Waals surface area contributed by atoms with Crippen molar-refractivity contribution in [3.05, 3.63) is 24.0 Å². The van der Waals surface area contributed by atoms with Gasteiger partial charge in [0.2, 0.25) is 0 Å². The number of carbonyl (C=O) groups is 2. The Hall–Kier alpha value is -1.71. The molecule has 2 aliphatic rings. The fraction of sp³-hybridized carbons (Fsp3) is 0.667. The maximum atomic E-state index is 13.1. The van der Waals surface area contributed by atoms with E-state index in [2.05, 4.69) is 38.8 Å². The van der Waals surface area contributed by atoms with Gasteiger partial charge in [0.05, 0.1) is 26.9 Å². The van der Waals surface area contributed by atoms with Crippen LogP contribution < -0.4 is 10.2 Å². The molecule has 0 aromatic carbocycles. The summed E-state index contributed by atoms with van der Waals surface area (Å²) in [6.45, 7) is 3.24. The minimum atomic E-state index is -3.75. The molecule has 0 saturated carbocycles. The summed E-state index contributed by atoms with van der Waals surface area (Å²) < 4.78 is 33.9. The first-order chi connectivity index (χ1) is 13.8. The average molecular weight is 431 g/mol. The summed E-state index contributed by atoms with van der Waals surface area (Å²) in [5.41, 5.74) is 1.24. The summed E-state index contributed by atoms with van der Waals surface area (Å²) in [5.74, 6) is -1.22. The lowest BCUT2D eigenvalue weighted by atomic mass is 10.2. The third-order valence-corrected chi connectivity index (χ3v) is 6.34. The number of esters is 2. The number of hydrogen-bond donors (Lipinski definition) is 2. The van der Waals surface area contributed by atoms with Gasteiger partial charge in [-0.2, -0.15) is 0 Å². The van der Waals surface area contributed by atoms with E-state index in [-0.39, 0.29) is 25.5 Å². The average Bonchev–Trinajstić information content (AvgIpc) is 3.19. The quantitative estimate of drug-likeness (QED) is 0.391. The Labute approximate surface area is 171 Å². The van der Waals surface area contributed by atoms with Crippen molar-refractivity contribution in [2.75, 3.05) is 27.4 Å². The van der Waals surface area contributed by atoms with Crippen molar-refractivity contribution in [1.29, 1.82) is 0 Å².